The summed E-state index contributed by atoms with van der Waals surface area (Å²) in [5, 5.41) is 7.02. The van der Waals surface area contributed by atoms with Crippen molar-refractivity contribution < 1.29 is 4.79 Å². The smallest absolute Gasteiger partial charge is 0.255 e. The van der Waals surface area contributed by atoms with Gasteiger partial charge in [-0.25, -0.2) is 0 Å². The van der Waals surface area contributed by atoms with Crippen LogP contribution in [0.4, 0.5) is 5.69 Å². The molecule has 0 aromatic heterocycles. The van der Waals surface area contributed by atoms with Crippen molar-refractivity contribution >= 4 is 11.6 Å². The molecule has 1 amide bonds. The minimum absolute atomic E-state index is 0.0638. The van der Waals surface area contributed by atoms with Crippen LogP contribution in [0.3, 0.4) is 0 Å². The first kappa shape index (κ1) is 15.9. The van der Waals surface area contributed by atoms with E-state index in [-0.39, 0.29) is 11.6 Å². The van der Waals surface area contributed by atoms with Crippen molar-refractivity contribution in [1.82, 2.24) is 10.2 Å². The first-order valence-corrected chi connectivity index (χ1v) is 9.72. The Balaban J connectivity index is 1.41. The number of hydrogen-bond donors (Lipinski definition) is 2. The molecule has 2 atom stereocenters. The summed E-state index contributed by atoms with van der Waals surface area (Å²) in [5.74, 6) is 0.0638. The Morgan fingerprint density at radius 1 is 0.923 bits per heavy atom. The van der Waals surface area contributed by atoms with Crippen LogP contribution in [0.5, 0.6) is 0 Å². The highest BCUT2D eigenvalue weighted by atomic mass is 16.2. The van der Waals surface area contributed by atoms with E-state index < -0.39 is 0 Å². The predicted octanol–water partition coefficient (Wildman–Crippen LogP) is 3.76. The number of benzene rings is 2. The predicted molar refractivity (Wildman–Crippen MR) is 103 cm³/mol. The number of anilines is 1. The van der Waals surface area contributed by atoms with Gasteiger partial charge in [-0.3, -0.25) is 9.69 Å². The van der Waals surface area contributed by atoms with E-state index in [1.807, 2.05) is 24.3 Å². The van der Waals surface area contributed by atoms with E-state index in [0.717, 1.165) is 30.6 Å². The fourth-order valence-corrected chi connectivity index (χ4v) is 5.17. The van der Waals surface area contributed by atoms with Crippen LogP contribution < -0.4 is 10.6 Å². The van der Waals surface area contributed by atoms with Gasteiger partial charge in [0.1, 0.15) is 5.66 Å². The van der Waals surface area contributed by atoms with Crippen LogP contribution in [-0.2, 0) is 6.54 Å². The Labute approximate surface area is 154 Å². The van der Waals surface area contributed by atoms with Gasteiger partial charge in [0.05, 0.1) is 5.56 Å². The highest BCUT2D eigenvalue weighted by Crippen LogP contribution is 2.42. The Hall–Kier alpha value is -2.33. The number of nitrogens with zero attached hydrogens (tertiary/aromatic N) is 1. The number of nitrogens with one attached hydrogen (secondary N) is 2. The third kappa shape index (κ3) is 2.69. The molecule has 2 unspecified atom stereocenters. The van der Waals surface area contributed by atoms with Crippen LogP contribution in [0, 0.1) is 0 Å². The normalized spacial score (nSPS) is 30.4. The van der Waals surface area contributed by atoms with Gasteiger partial charge >= 0.3 is 0 Å². The Kier molecular flexibility index (Phi) is 3.75. The average Bonchev–Trinajstić information content (AvgIpc) is 2.64. The number of carbonyl (C=O) groups excluding carboxylic acids is 1. The Morgan fingerprint density at radius 2 is 1.62 bits per heavy atom. The van der Waals surface area contributed by atoms with Crippen molar-refractivity contribution in [2.45, 2.75) is 56.4 Å². The second kappa shape index (κ2) is 6.13. The number of piperidine rings is 2. The molecule has 5 rings (SSSR count). The van der Waals surface area contributed by atoms with Gasteiger partial charge < -0.3 is 10.6 Å². The molecule has 2 aromatic rings. The van der Waals surface area contributed by atoms with E-state index >= 15 is 0 Å². The maximum atomic E-state index is 12.7. The van der Waals surface area contributed by atoms with Crippen LogP contribution >= 0.6 is 0 Å². The molecule has 0 radical (unpaired) electrons. The second-order valence-corrected chi connectivity index (χ2v) is 8.01. The van der Waals surface area contributed by atoms with E-state index in [1.165, 1.54) is 24.8 Å². The second-order valence-electron chi connectivity index (χ2n) is 8.01. The fourth-order valence-electron chi connectivity index (χ4n) is 5.17. The Morgan fingerprint density at radius 3 is 2.38 bits per heavy atom. The van der Waals surface area contributed by atoms with Gasteiger partial charge in [0.25, 0.3) is 5.91 Å². The first-order chi connectivity index (χ1) is 12.7. The number of fused-ring (bicyclic) bond motifs is 3. The molecule has 3 heterocycles. The quantitative estimate of drug-likeness (QED) is 0.869. The summed E-state index contributed by atoms with van der Waals surface area (Å²) >= 11 is 0. The van der Waals surface area contributed by atoms with Crippen LogP contribution in [0.25, 0.3) is 0 Å². The lowest BCUT2D eigenvalue weighted by Gasteiger charge is -2.55. The summed E-state index contributed by atoms with van der Waals surface area (Å²) < 4.78 is 0. The van der Waals surface area contributed by atoms with E-state index in [2.05, 4.69) is 45.9 Å². The molecular weight excluding hydrogens is 322 g/mol. The highest BCUT2D eigenvalue weighted by Gasteiger charge is 2.49. The molecule has 4 heteroatoms. The van der Waals surface area contributed by atoms with Crippen molar-refractivity contribution in [3.63, 3.8) is 0 Å². The van der Waals surface area contributed by atoms with Crippen LogP contribution in [0.2, 0.25) is 0 Å². The zero-order valence-electron chi connectivity index (χ0n) is 14.9. The third-order valence-electron chi connectivity index (χ3n) is 6.29. The molecule has 26 heavy (non-hydrogen) atoms. The van der Waals surface area contributed by atoms with Gasteiger partial charge in [-0.05, 0) is 30.5 Å². The standard InChI is InChI=1S/C22H25N3O/c26-21-19-11-4-5-12-20(19)23-22(24-21)13-17-9-6-10-18(14-22)25(17)15-16-7-2-1-3-8-16/h1-5,7-8,11-12,17-18,23H,6,9-10,13-15H2,(H,24,26). The van der Waals surface area contributed by atoms with Crippen LogP contribution in [0.1, 0.15) is 48.0 Å². The minimum Gasteiger partial charge on any atom is -0.362 e. The molecule has 3 aliphatic rings. The van der Waals surface area contributed by atoms with E-state index in [1.54, 1.807) is 0 Å². The van der Waals surface area contributed by atoms with Crippen molar-refractivity contribution in [1.29, 1.82) is 0 Å². The Bertz CT molecular complexity index is 805. The molecule has 0 saturated carbocycles. The van der Waals surface area contributed by atoms with E-state index in [4.69, 9.17) is 0 Å². The fraction of sp³-hybridized carbons (Fsp3) is 0.409. The van der Waals surface area contributed by atoms with Gasteiger partial charge in [-0.15, -0.1) is 0 Å². The summed E-state index contributed by atoms with van der Waals surface area (Å²) in [7, 11) is 0. The number of hydrogen-bond acceptors (Lipinski definition) is 3. The maximum absolute atomic E-state index is 12.7. The largest absolute Gasteiger partial charge is 0.362 e. The molecule has 2 fully saturated rings. The molecule has 0 aliphatic carbocycles. The summed E-state index contributed by atoms with van der Waals surface area (Å²) in [5.41, 5.74) is 2.82. The SMILES string of the molecule is O=C1NC2(CC3CCCC(C2)N3Cc2ccccc2)Nc2ccccc21. The van der Waals surface area contributed by atoms with Crippen LogP contribution in [0.15, 0.2) is 54.6 Å². The summed E-state index contributed by atoms with van der Waals surface area (Å²) in [6.45, 7) is 1.01. The minimum atomic E-state index is -0.297. The lowest BCUT2D eigenvalue weighted by Crippen LogP contribution is -2.67. The third-order valence-corrected chi connectivity index (χ3v) is 6.29. The highest BCUT2D eigenvalue weighted by molar-refractivity contribution is 6.02. The zero-order chi connectivity index (χ0) is 17.6. The van der Waals surface area contributed by atoms with Crippen molar-refractivity contribution in [2.75, 3.05) is 5.32 Å². The zero-order valence-corrected chi connectivity index (χ0v) is 14.9. The van der Waals surface area contributed by atoms with Gasteiger partial charge in [0.2, 0.25) is 0 Å². The van der Waals surface area contributed by atoms with Crippen molar-refractivity contribution in [3.8, 4) is 0 Å². The average molecular weight is 347 g/mol. The number of carbonyl (C=O) groups is 1. The summed E-state index contributed by atoms with van der Waals surface area (Å²) in [4.78, 5) is 15.4. The van der Waals surface area contributed by atoms with Gasteiger partial charge in [0, 0.05) is 37.2 Å². The van der Waals surface area contributed by atoms with Crippen molar-refractivity contribution in [2.24, 2.45) is 0 Å². The van der Waals surface area contributed by atoms with Gasteiger partial charge in [-0.1, -0.05) is 48.9 Å². The van der Waals surface area contributed by atoms with Gasteiger partial charge in [0.15, 0.2) is 0 Å². The summed E-state index contributed by atoms with van der Waals surface area (Å²) in [6.07, 6.45) is 5.66. The van der Waals surface area contributed by atoms with Crippen molar-refractivity contribution in [3.05, 3.63) is 65.7 Å². The number of para-hydroxylation sites is 1. The molecule has 3 aliphatic heterocycles. The van der Waals surface area contributed by atoms with E-state index in [0.29, 0.717) is 12.1 Å². The lowest BCUT2D eigenvalue weighted by molar-refractivity contribution is -0.00654. The maximum Gasteiger partial charge on any atom is 0.255 e. The topological polar surface area (TPSA) is 44.4 Å². The molecule has 1 spiro atoms. The summed E-state index contributed by atoms with van der Waals surface area (Å²) in [6, 6.07) is 19.6. The molecule has 134 valence electrons. The van der Waals surface area contributed by atoms with Gasteiger partial charge in [-0.2, -0.15) is 0 Å². The van der Waals surface area contributed by atoms with E-state index in [9.17, 15) is 4.79 Å². The molecular formula is C22H25N3O. The molecule has 2 N–H and O–H groups in total. The number of rotatable bonds is 2. The van der Waals surface area contributed by atoms with Crippen LogP contribution in [-0.4, -0.2) is 28.6 Å². The lowest BCUT2D eigenvalue weighted by atomic mass is 9.76. The molecule has 2 bridgehead atoms. The molecule has 4 nitrogen and oxygen atoms in total. The molecule has 2 aromatic carbocycles. The first-order valence-electron chi connectivity index (χ1n) is 9.72. The number of amides is 1. The monoisotopic (exact) mass is 347 g/mol. The molecule has 2 saturated heterocycles.